The molecule has 0 unspecified atom stereocenters. The minimum Gasteiger partial charge on any atom is -0.361 e. The van der Waals surface area contributed by atoms with Gasteiger partial charge in [0.2, 0.25) is 5.91 Å². The molecule has 0 bridgehead atoms. The van der Waals surface area contributed by atoms with E-state index in [1.54, 1.807) is 18.1 Å². The predicted octanol–water partition coefficient (Wildman–Crippen LogP) is 5.13. The van der Waals surface area contributed by atoms with Crippen molar-refractivity contribution in [1.29, 1.82) is 0 Å². The van der Waals surface area contributed by atoms with E-state index >= 15 is 0 Å². The number of benzene rings is 3. The number of hydrogen-bond donors (Lipinski definition) is 2. The second kappa shape index (κ2) is 7.88. The topological polar surface area (TPSA) is 83.0 Å². The minimum atomic E-state index is -0.0707. The molecule has 34 heavy (non-hydrogen) atoms. The molecular formula is C27H23N5O2. The first-order valence-corrected chi connectivity index (χ1v) is 11.3. The zero-order valence-corrected chi connectivity index (χ0v) is 18.7. The molecule has 1 saturated carbocycles. The van der Waals surface area contributed by atoms with E-state index in [-0.39, 0.29) is 17.7 Å². The summed E-state index contributed by atoms with van der Waals surface area (Å²) in [4.78, 5) is 29.9. The van der Waals surface area contributed by atoms with Crippen molar-refractivity contribution in [3.05, 3.63) is 84.7 Å². The van der Waals surface area contributed by atoms with E-state index in [0.717, 1.165) is 51.7 Å². The van der Waals surface area contributed by atoms with Gasteiger partial charge in [0, 0.05) is 52.4 Å². The quantitative estimate of drug-likeness (QED) is 0.390. The molecule has 0 aliphatic heterocycles. The van der Waals surface area contributed by atoms with E-state index in [9.17, 15) is 9.59 Å². The molecule has 2 N–H and O–H groups in total. The smallest absolute Gasteiger partial charge is 0.258 e. The van der Waals surface area contributed by atoms with Gasteiger partial charge in [-0.15, -0.1) is 0 Å². The largest absolute Gasteiger partial charge is 0.361 e. The number of anilines is 2. The van der Waals surface area contributed by atoms with Crippen molar-refractivity contribution >= 4 is 45.0 Å². The Kier molecular flexibility index (Phi) is 4.69. The second-order valence-electron chi connectivity index (χ2n) is 8.75. The van der Waals surface area contributed by atoms with Crippen LogP contribution in [0.15, 0.2) is 79.1 Å². The number of carbonyl (C=O) groups is 2. The van der Waals surface area contributed by atoms with E-state index in [1.165, 1.54) is 0 Å². The van der Waals surface area contributed by atoms with Gasteiger partial charge < -0.3 is 15.2 Å². The zero-order valence-electron chi connectivity index (χ0n) is 18.7. The number of H-pyrrole nitrogens is 1. The van der Waals surface area contributed by atoms with E-state index in [2.05, 4.69) is 15.4 Å². The molecule has 3 aromatic carbocycles. The fourth-order valence-corrected chi connectivity index (χ4v) is 4.21. The van der Waals surface area contributed by atoms with Gasteiger partial charge in [0.05, 0.1) is 17.4 Å². The number of nitrogens with one attached hydrogen (secondary N) is 2. The Hall–Kier alpha value is -4.39. The molecule has 2 aromatic heterocycles. The first-order valence-electron chi connectivity index (χ1n) is 11.3. The van der Waals surface area contributed by atoms with Crippen molar-refractivity contribution in [3.63, 3.8) is 0 Å². The van der Waals surface area contributed by atoms with Crippen LogP contribution in [0.5, 0.6) is 0 Å². The van der Waals surface area contributed by atoms with E-state index in [1.807, 2.05) is 77.6 Å². The normalized spacial score (nSPS) is 13.3. The van der Waals surface area contributed by atoms with Gasteiger partial charge >= 0.3 is 0 Å². The van der Waals surface area contributed by atoms with E-state index in [4.69, 9.17) is 0 Å². The lowest BCUT2D eigenvalue weighted by atomic mass is 10.1. The van der Waals surface area contributed by atoms with Crippen LogP contribution in [0, 0.1) is 5.92 Å². The lowest BCUT2D eigenvalue weighted by Gasteiger charge is -2.18. The first-order chi connectivity index (χ1) is 16.6. The summed E-state index contributed by atoms with van der Waals surface area (Å²) < 4.78 is 1.85. The monoisotopic (exact) mass is 449 g/mol. The van der Waals surface area contributed by atoms with Crippen LogP contribution >= 0.6 is 0 Å². The van der Waals surface area contributed by atoms with Gasteiger partial charge in [-0.3, -0.25) is 9.59 Å². The highest BCUT2D eigenvalue weighted by atomic mass is 16.2. The average Bonchev–Trinajstić information content (AvgIpc) is 3.47. The van der Waals surface area contributed by atoms with Crippen molar-refractivity contribution < 1.29 is 9.59 Å². The third-order valence-electron chi connectivity index (χ3n) is 6.37. The van der Waals surface area contributed by atoms with Gasteiger partial charge in [0.25, 0.3) is 5.91 Å². The Balaban J connectivity index is 1.24. The number of fused-ring (bicyclic) bond motifs is 2. The van der Waals surface area contributed by atoms with Crippen LogP contribution in [0.1, 0.15) is 23.2 Å². The molecular weight excluding hydrogens is 426 g/mol. The summed E-state index contributed by atoms with van der Waals surface area (Å²) >= 11 is 0. The van der Waals surface area contributed by atoms with Crippen molar-refractivity contribution in [1.82, 2.24) is 14.8 Å². The Bertz CT molecular complexity index is 1540. The maximum atomic E-state index is 13.1. The maximum Gasteiger partial charge on any atom is 0.258 e. The number of nitrogens with zero attached hydrogens (tertiary/aromatic N) is 3. The summed E-state index contributed by atoms with van der Waals surface area (Å²) in [5.74, 6) is 0.195. The van der Waals surface area contributed by atoms with Crippen LogP contribution in [0.2, 0.25) is 0 Å². The van der Waals surface area contributed by atoms with Gasteiger partial charge in [-0.1, -0.05) is 0 Å². The number of rotatable bonds is 5. The molecule has 0 saturated heterocycles. The first kappa shape index (κ1) is 20.2. The van der Waals surface area contributed by atoms with Crippen molar-refractivity contribution in [2.24, 2.45) is 5.92 Å². The van der Waals surface area contributed by atoms with Crippen molar-refractivity contribution in [2.75, 3.05) is 17.3 Å². The van der Waals surface area contributed by atoms with E-state index < -0.39 is 0 Å². The number of carbonyl (C=O) groups excluding carboxylic acids is 2. The molecule has 1 aliphatic rings. The third kappa shape index (κ3) is 3.61. The summed E-state index contributed by atoms with van der Waals surface area (Å²) in [6.45, 7) is 0. The second-order valence-corrected chi connectivity index (χ2v) is 8.75. The SMILES string of the molecule is CN(C(=O)c1ccc2[nH]ccc2c1)c1ccc2c(cnn2-c2ccc(NC(=O)C3CC3)cc2)c1. The number of amides is 2. The van der Waals surface area contributed by atoms with Crippen LogP contribution < -0.4 is 10.2 Å². The van der Waals surface area contributed by atoms with Crippen LogP contribution in [-0.4, -0.2) is 33.6 Å². The molecule has 7 nitrogen and oxygen atoms in total. The van der Waals surface area contributed by atoms with Gasteiger partial charge in [0.15, 0.2) is 0 Å². The number of aromatic amines is 1. The lowest BCUT2D eigenvalue weighted by Crippen LogP contribution is -2.26. The Morgan fingerprint density at radius 1 is 1.00 bits per heavy atom. The predicted molar refractivity (Wildman–Crippen MR) is 133 cm³/mol. The Labute approximate surface area is 196 Å². The Morgan fingerprint density at radius 3 is 2.62 bits per heavy atom. The highest BCUT2D eigenvalue weighted by Crippen LogP contribution is 2.30. The summed E-state index contributed by atoms with van der Waals surface area (Å²) in [6, 6.07) is 21.2. The number of hydrogen-bond acceptors (Lipinski definition) is 3. The van der Waals surface area contributed by atoms with Gasteiger partial charge in [-0.2, -0.15) is 5.10 Å². The molecule has 0 atom stereocenters. The van der Waals surface area contributed by atoms with Gasteiger partial charge in [-0.25, -0.2) is 4.68 Å². The minimum absolute atomic E-state index is 0.0707. The fraction of sp³-hybridized carbons (Fsp3) is 0.148. The molecule has 1 fully saturated rings. The summed E-state index contributed by atoms with van der Waals surface area (Å²) in [5, 5.41) is 9.45. The molecule has 1 aliphatic carbocycles. The molecule has 2 amide bonds. The van der Waals surface area contributed by atoms with Crippen LogP contribution in [0.3, 0.4) is 0 Å². The number of aromatic nitrogens is 3. The van der Waals surface area contributed by atoms with Crippen molar-refractivity contribution in [3.8, 4) is 5.69 Å². The maximum absolute atomic E-state index is 13.1. The summed E-state index contributed by atoms with van der Waals surface area (Å²) in [5.41, 5.74) is 5.07. The summed E-state index contributed by atoms with van der Waals surface area (Å²) in [6.07, 6.45) is 5.62. The average molecular weight is 450 g/mol. The lowest BCUT2D eigenvalue weighted by molar-refractivity contribution is -0.117. The zero-order chi connectivity index (χ0) is 23.2. The van der Waals surface area contributed by atoms with Crippen LogP contribution in [0.25, 0.3) is 27.5 Å². The standard InChI is InChI=1S/C27H23N5O2/c1-31(27(34)19-4-10-24-18(14-19)12-13-28-24)23-9-11-25-20(15-23)16-29-32(25)22-7-5-21(6-8-22)30-26(33)17-2-3-17/h4-17,28H,2-3H2,1H3,(H,30,33). The van der Waals surface area contributed by atoms with E-state index in [0.29, 0.717) is 5.56 Å². The highest BCUT2D eigenvalue weighted by Gasteiger charge is 2.29. The van der Waals surface area contributed by atoms with Gasteiger partial charge in [-0.05, 0) is 79.6 Å². The molecule has 0 spiro atoms. The molecule has 5 aromatic rings. The summed E-state index contributed by atoms with van der Waals surface area (Å²) in [7, 11) is 1.78. The molecule has 7 heteroatoms. The molecule has 2 heterocycles. The highest BCUT2D eigenvalue weighted by molar-refractivity contribution is 6.08. The fourth-order valence-electron chi connectivity index (χ4n) is 4.21. The molecule has 168 valence electrons. The van der Waals surface area contributed by atoms with Crippen LogP contribution in [0.4, 0.5) is 11.4 Å². The molecule has 6 rings (SSSR count). The molecule has 0 radical (unpaired) electrons. The third-order valence-corrected chi connectivity index (χ3v) is 6.37. The Morgan fingerprint density at radius 2 is 1.82 bits per heavy atom. The van der Waals surface area contributed by atoms with Gasteiger partial charge in [0.1, 0.15) is 0 Å². The van der Waals surface area contributed by atoms with Crippen LogP contribution in [-0.2, 0) is 4.79 Å². The van der Waals surface area contributed by atoms with Crippen molar-refractivity contribution in [2.45, 2.75) is 12.8 Å².